The Kier molecular flexibility index (Phi) is 4.60. The van der Waals surface area contributed by atoms with Crippen molar-refractivity contribution in [2.75, 3.05) is 0 Å². The molecule has 3 aromatic heterocycles. The number of hydrogen-bond donors (Lipinski definition) is 1. The summed E-state index contributed by atoms with van der Waals surface area (Å²) in [5.41, 5.74) is 4.94. The molecule has 0 radical (unpaired) electrons. The van der Waals surface area contributed by atoms with E-state index in [1.165, 1.54) is 5.56 Å². The van der Waals surface area contributed by atoms with E-state index < -0.39 is 0 Å². The molecule has 0 atom stereocenters. The Morgan fingerprint density at radius 2 is 1.96 bits per heavy atom. The van der Waals surface area contributed by atoms with E-state index in [1.54, 1.807) is 12.4 Å². The van der Waals surface area contributed by atoms with Crippen LogP contribution in [0.15, 0.2) is 61.1 Å². The van der Waals surface area contributed by atoms with Gasteiger partial charge in [0.1, 0.15) is 18.2 Å². The summed E-state index contributed by atoms with van der Waals surface area (Å²) in [5.74, 6) is 1.64. The predicted molar refractivity (Wildman–Crippen MR) is 102 cm³/mol. The van der Waals surface area contributed by atoms with Crippen LogP contribution in [-0.4, -0.2) is 19.9 Å². The van der Waals surface area contributed by atoms with E-state index in [1.807, 2.05) is 36.5 Å². The zero-order valence-electron chi connectivity index (χ0n) is 14.6. The quantitative estimate of drug-likeness (QED) is 0.557. The smallest absolute Gasteiger partial charge is 0.178 e. The lowest BCUT2D eigenvalue weighted by Gasteiger charge is -2.10. The summed E-state index contributed by atoms with van der Waals surface area (Å²) in [6.45, 7) is 2.67. The Balaban J connectivity index is 1.66. The highest BCUT2D eigenvalue weighted by atomic mass is 16.5. The van der Waals surface area contributed by atoms with Gasteiger partial charge in [-0.25, -0.2) is 9.97 Å². The van der Waals surface area contributed by atoms with Gasteiger partial charge in [0.2, 0.25) is 0 Å². The van der Waals surface area contributed by atoms with E-state index in [0.717, 1.165) is 46.7 Å². The van der Waals surface area contributed by atoms with Crippen LogP contribution < -0.4 is 4.74 Å². The van der Waals surface area contributed by atoms with Crippen LogP contribution in [0.4, 0.5) is 0 Å². The van der Waals surface area contributed by atoms with Crippen LogP contribution in [0.1, 0.15) is 24.5 Å². The molecule has 0 aliphatic rings. The average molecular weight is 344 g/mol. The van der Waals surface area contributed by atoms with Crippen molar-refractivity contribution in [3.8, 4) is 17.1 Å². The summed E-state index contributed by atoms with van der Waals surface area (Å²) in [7, 11) is 0. The van der Waals surface area contributed by atoms with Crippen LogP contribution in [0.5, 0.6) is 5.75 Å². The number of ether oxygens (including phenoxy) is 1. The normalized spacial score (nSPS) is 11.0. The van der Waals surface area contributed by atoms with Crippen molar-refractivity contribution in [3.63, 3.8) is 0 Å². The number of nitrogens with one attached hydrogen (secondary N) is 1. The summed E-state index contributed by atoms with van der Waals surface area (Å²) in [6, 6.07) is 14.1. The van der Waals surface area contributed by atoms with Crippen molar-refractivity contribution in [2.45, 2.75) is 26.4 Å². The number of fused-ring (bicyclic) bond motifs is 1. The van der Waals surface area contributed by atoms with Gasteiger partial charge < -0.3 is 9.72 Å². The van der Waals surface area contributed by atoms with Crippen molar-refractivity contribution in [3.05, 3.63) is 72.2 Å². The molecular formula is C21H20N4O. The molecular weight excluding hydrogens is 324 g/mol. The molecule has 0 amide bonds. The molecule has 0 aliphatic carbocycles. The fourth-order valence-electron chi connectivity index (χ4n) is 2.95. The maximum Gasteiger partial charge on any atom is 0.178 e. The standard InChI is InChI=1S/C21H20N4O/c1-2-5-15-10-17(20-24-19-7-4-9-23-21(19)25-20)12-18(11-15)26-14-16-6-3-8-22-13-16/h3-4,6-13H,2,5,14H2,1H3,(H,23,24,25). The van der Waals surface area contributed by atoms with E-state index in [2.05, 4.69) is 39.0 Å². The molecule has 130 valence electrons. The van der Waals surface area contributed by atoms with Crippen LogP contribution in [0, 0.1) is 0 Å². The highest BCUT2D eigenvalue weighted by Gasteiger charge is 2.09. The Hall–Kier alpha value is -3.21. The molecule has 3 heterocycles. The number of aromatic amines is 1. The van der Waals surface area contributed by atoms with Crippen molar-refractivity contribution in [2.24, 2.45) is 0 Å². The van der Waals surface area contributed by atoms with E-state index >= 15 is 0 Å². The maximum atomic E-state index is 6.02. The van der Waals surface area contributed by atoms with Crippen LogP contribution in [0.25, 0.3) is 22.6 Å². The van der Waals surface area contributed by atoms with E-state index in [4.69, 9.17) is 4.74 Å². The predicted octanol–water partition coefficient (Wildman–Crippen LogP) is 4.55. The molecule has 1 N–H and O–H groups in total. The number of benzene rings is 1. The van der Waals surface area contributed by atoms with Crippen LogP contribution in [-0.2, 0) is 13.0 Å². The molecule has 4 rings (SSSR count). The number of aromatic nitrogens is 4. The van der Waals surface area contributed by atoms with E-state index in [0.29, 0.717) is 6.61 Å². The Morgan fingerprint density at radius 1 is 1.04 bits per heavy atom. The molecule has 0 unspecified atom stereocenters. The molecule has 0 aliphatic heterocycles. The molecule has 0 fully saturated rings. The number of imidazole rings is 1. The van der Waals surface area contributed by atoms with Crippen LogP contribution in [0.2, 0.25) is 0 Å². The highest BCUT2D eigenvalue weighted by Crippen LogP contribution is 2.27. The first-order valence-corrected chi connectivity index (χ1v) is 8.78. The molecule has 5 heteroatoms. The van der Waals surface area contributed by atoms with Gasteiger partial charge in [0.25, 0.3) is 0 Å². The van der Waals surface area contributed by atoms with Crippen LogP contribution in [0.3, 0.4) is 0 Å². The summed E-state index contributed by atoms with van der Waals surface area (Å²) >= 11 is 0. The number of H-pyrrole nitrogens is 1. The van der Waals surface area contributed by atoms with Gasteiger partial charge in [-0.1, -0.05) is 19.4 Å². The first-order chi connectivity index (χ1) is 12.8. The lowest BCUT2D eigenvalue weighted by Crippen LogP contribution is -1.97. The Bertz CT molecular complexity index is 978. The maximum absolute atomic E-state index is 6.02. The largest absolute Gasteiger partial charge is 0.489 e. The molecule has 1 aromatic carbocycles. The van der Waals surface area contributed by atoms with Gasteiger partial charge in [-0.3, -0.25) is 4.98 Å². The number of aryl methyl sites for hydroxylation is 1. The molecule has 0 spiro atoms. The molecule has 5 nitrogen and oxygen atoms in total. The molecule has 0 bridgehead atoms. The van der Waals surface area contributed by atoms with E-state index in [-0.39, 0.29) is 0 Å². The van der Waals surface area contributed by atoms with Gasteiger partial charge >= 0.3 is 0 Å². The minimum absolute atomic E-state index is 0.491. The first-order valence-electron chi connectivity index (χ1n) is 8.78. The number of rotatable bonds is 6. The fraction of sp³-hybridized carbons (Fsp3) is 0.190. The zero-order chi connectivity index (χ0) is 17.8. The highest BCUT2D eigenvalue weighted by molar-refractivity contribution is 5.76. The van der Waals surface area contributed by atoms with E-state index in [9.17, 15) is 0 Å². The average Bonchev–Trinajstić information content (AvgIpc) is 3.12. The van der Waals surface area contributed by atoms with Gasteiger partial charge in [0.05, 0.1) is 5.52 Å². The Morgan fingerprint density at radius 3 is 2.77 bits per heavy atom. The van der Waals surface area contributed by atoms with Crippen molar-refractivity contribution in [1.82, 2.24) is 19.9 Å². The summed E-state index contributed by atoms with van der Waals surface area (Å²) in [6.07, 6.45) is 7.41. The van der Waals surface area contributed by atoms with Crippen molar-refractivity contribution >= 4 is 11.2 Å². The van der Waals surface area contributed by atoms with Crippen molar-refractivity contribution < 1.29 is 4.74 Å². The molecule has 0 saturated carbocycles. The first kappa shape index (κ1) is 16.3. The van der Waals surface area contributed by atoms with Gasteiger partial charge in [0.15, 0.2) is 5.65 Å². The third kappa shape index (κ3) is 3.57. The van der Waals surface area contributed by atoms with Crippen LogP contribution >= 0.6 is 0 Å². The zero-order valence-corrected chi connectivity index (χ0v) is 14.6. The van der Waals surface area contributed by atoms with Gasteiger partial charge in [0, 0.05) is 29.7 Å². The lowest BCUT2D eigenvalue weighted by molar-refractivity contribution is 0.305. The third-order valence-corrected chi connectivity index (χ3v) is 4.16. The van der Waals surface area contributed by atoms with Gasteiger partial charge in [-0.15, -0.1) is 0 Å². The monoisotopic (exact) mass is 344 g/mol. The lowest BCUT2D eigenvalue weighted by atomic mass is 10.1. The number of hydrogen-bond acceptors (Lipinski definition) is 4. The SMILES string of the molecule is CCCc1cc(OCc2cccnc2)cc(-c2nc3ncccc3[nH]2)c1. The van der Waals surface area contributed by atoms with Crippen molar-refractivity contribution in [1.29, 1.82) is 0 Å². The molecule has 4 aromatic rings. The van der Waals surface area contributed by atoms with Gasteiger partial charge in [-0.2, -0.15) is 0 Å². The number of nitrogens with zero attached hydrogens (tertiary/aromatic N) is 3. The topological polar surface area (TPSA) is 63.7 Å². The molecule has 0 saturated heterocycles. The summed E-state index contributed by atoms with van der Waals surface area (Å²) < 4.78 is 6.02. The minimum atomic E-state index is 0.491. The number of pyridine rings is 2. The summed E-state index contributed by atoms with van der Waals surface area (Å²) in [5, 5.41) is 0. The second-order valence-electron chi connectivity index (χ2n) is 6.23. The fourth-order valence-corrected chi connectivity index (χ4v) is 2.95. The second kappa shape index (κ2) is 7.35. The minimum Gasteiger partial charge on any atom is -0.489 e. The van der Waals surface area contributed by atoms with Gasteiger partial charge in [-0.05, 0) is 48.4 Å². The third-order valence-electron chi connectivity index (χ3n) is 4.16. The molecule has 26 heavy (non-hydrogen) atoms. The Labute approximate surface area is 152 Å². The second-order valence-corrected chi connectivity index (χ2v) is 6.23. The summed E-state index contributed by atoms with van der Waals surface area (Å²) in [4.78, 5) is 16.4.